The van der Waals surface area contributed by atoms with Gasteiger partial charge in [0.25, 0.3) is 0 Å². The summed E-state index contributed by atoms with van der Waals surface area (Å²) in [6.45, 7) is 4.18. The van der Waals surface area contributed by atoms with Crippen LogP contribution in [0.4, 0.5) is 0 Å². The lowest BCUT2D eigenvalue weighted by atomic mass is 10.1. The molecule has 1 aromatic carbocycles. The lowest BCUT2D eigenvalue weighted by Crippen LogP contribution is -2.20. The average molecular weight is 240 g/mol. The number of aryl methyl sites for hydroxylation is 1. The first-order chi connectivity index (χ1) is 8.84. The van der Waals surface area contributed by atoms with Crippen molar-refractivity contribution in [2.45, 2.75) is 19.8 Å². The highest BCUT2D eigenvalue weighted by Crippen LogP contribution is 2.03. The number of aromatic nitrogens is 1. The van der Waals surface area contributed by atoms with Crippen LogP contribution in [-0.4, -0.2) is 18.1 Å². The van der Waals surface area contributed by atoms with E-state index in [9.17, 15) is 0 Å². The van der Waals surface area contributed by atoms with E-state index >= 15 is 0 Å². The van der Waals surface area contributed by atoms with Gasteiger partial charge in [-0.3, -0.25) is 4.98 Å². The fourth-order valence-corrected chi connectivity index (χ4v) is 2.00. The second kappa shape index (κ2) is 6.92. The van der Waals surface area contributed by atoms with Gasteiger partial charge in [0.05, 0.1) is 0 Å². The highest BCUT2D eigenvalue weighted by Gasteiger charge is 1.94. The van der Waals surface area contributed by atoms with Crippen LogP contribution in [0.25, 0.3) is 0 Å². The minimum absolute atomic E-state index is 1.01. The first-order valence-corrected chi connectivity index (χ1v) is 6.50. The molecule has 2 heteroatoms. The van der Waals surface area contributed by atoms with Crippen molar-refractivity contribution in [2.75, 3.05) is 13.1 Å². The van der Waals surface area contributed by atoms with Crippen LogP contribution < -0.4 is 5.32 Å². The number of hydrogen-bond donors (Lipinski definition) is 1. The Kier molecular flexibility index (Phi) is 4.91. The van der Waals surface area contributed by atoms with E-state index in [1.165, 1.54) is 16.7 Å². The van der Waals surface area contributed by atoms with Crippen molar-refractivity contribution in [1.82, 2.24) is 10.3 Å². The van der Waals surface area contributed by atoms with Crippen molar-refractivity contribution >= 4 is 0 Å². The van der Waals surface area contributed by atoms with Crippen molar-refractivity contribution in [2.24, 2.45) is 0 Å². The Morgan fingerprint density at radius 3 is 2.50 bits per heavy atom. The molecule has 0 spiro atoms. The molecule has 94 valence electrons. The molecule has 2 nitrogen and oxygen atoms in total. The van der Waals surface area contributed by atoms with E-state index in [4.69, 9.17) is 0 Å². The molecule has 0 amide bonds. The molecule has 0 saturated carbocycles. The highest BCUT2D eigenvalue weighted by molar-refractivity contribution is 5.22. The predicted molar refractivity (Wildman–Crippen MR) is 75.7 cm³/mol. The van der Waals surface area contributed by atoms with Crippen molar-refractivity contribution < 1.29 is 0 Å². The summed E-state index contributed by atoms with van der Waals surface area (Å²) in [5.74, 6) is 0. The Hall–Kier alpha value is -1.67. The number of nitrogens with zero attached hydrogens (tertiary/aromatic N) is 1. The minimum Gasteiger partial charge on any atom is -0.316 e. The summed E-state index contributed by atoms with van der Waals surface area (Å²) < 4.78 is 0. The number of nitrogens with one attached hydrogen (secondary N) is 1. The van der Waals surface area contributed by atoms with Crippen LogP contribution in [0.1, 0.15) is 16.7 Å². The molecule has 0 atom stereocenters. The number of hydrogen-bond acceptors (Lipinski definition) is 2. The molecule has 0 fully saturated rings. The maximum atomic E-state index is 4.11. The average Bonchev–Trinajstić information content (AvgIpc) is 2.40. The summed E-state index contributed by atoms with van der Waals surface area (Å²) in [5, 5.41) is 3.47. The number of benzene rings is 1. The molecular formula is C16H20N2. The molecule has 2 aromatic rings. The first-order valence-electron chi connectivity index (χ1n) is 6.50. The van der Waals surface area contributed by atoms with Crippen molar-refractivity contribution in [3.8, 4) is 0 Å². The van der Waals surface area contributed by atoms with Gasteiger partial charge in [0.15, 0.2) is 0 Å². The quantitative estimate of drug-likeness (QED) is 0.785. The van der Waals surface area contributed by atoms with Crippen LogP contribution in [0.3, 0.4) is 0 Å². The Bertz CT molecular complexity index is 466. The molecule has 1 N–H and O–H groups in total. The molecule has 0 aliphatic heterocycles. The van der Waals surface area contributed by atoms with Crippen molar-refractivity contribution in [3.05, 3.63) is 65.5 Å². The lowest BCUT2D eigenvalue weighted by Gasteiger charge is -2.05. The molecular weight excluding hydrogens is 220 g/mol. The number of rotatable bonds is 6. The van der Waals surface area contributed by atoms with Gasteiger partial charge in [-0.1, -0.05) is 35.9 Å². The van der Waals surface area contributed by atoms with Crippen LogP contribution in [0, 0.1) is 6.92 Å². The van der Waals surface area contributed by atoms with E-state index in [0.29, 0.717) is 0 Å². The molecule has 0 aliphatic rings. The Balaban J connectivity index is 1.65. The molecule has 0 bridgehead atoms. The SMILES string of the molecule is Cc1cccc(CCNCCc2cccnc2)c1. The molecule has 0 aliphatic carbocycles. The van der Waals surface area contributed by atoms with Crippen LogP contribution in [-0.2, 0) is 12.8 Å². The van der Waals surface area contributed by atoms with Crippen LogP contribution >= 0.6 is 0 Å². The Labute approximate surface area is 109 Å². The van der Waals surface area contributed by atoms with Gasteiger partial charge < -0.3 is 5.32 Å². The second-order valence-electron chi connectivity index (χ2n) is 4.60. The van der Waals surface area contributed by atoms with E-state index in [1.807, 2.05) is 18.5 Å². The third-order valence-electron chi connectivity index (χ3n) is 2.99. The molecule has 1 heterocycles. The smallest absolute Gasteiger partial charge is 0.0300 e. The van der Waals surface area contributed by atoms with E-state index < -0.39 is 0 Å². The van der Waals surface area contributed by atoms with Crippen LogP contribution in [0.15, 0.2) is 48.8 Å². The zero-order valence-corrected chi connectivity index (χ0v) is 10.9. The topological polar surface area (TPSA) is 24.9 Å². The molecule has 1 aromatic heterocycles. The summed E-state index contributed by atoms with van der Waals surface area (Å²) in [6, 6.07) is 12.8. The van der Waals surface area contributed by atoms with Gasteiger partial charge in [-0.05, 0) is 50.0 Å². The van der Waals surface area contributed by atoms with Crippen LogP contribution in [0.2, 0.25) is 0 Å². The predicted octanol–water partition coefficient (Wildman–Crippen LogP) is 2.76. The first kappa shape index (κ1) is 12.8. The van der Waals surface area contributed by atoms with Crippen molar-refractivity contribution in [1.29, 1.82) is 0 Å². The standard InChI is InChI=1S/C16H20N2/c1-14-4-2-5-15(12-14)7-10-17-11-8-16-6-3-9-18-13-16/h2-6,9,12-13,17H,7-8,10-11H2,1H3. The third kappa shape index (κ3) is 4.30. The third-order valence-corrected chi connectivity index (χ3v) is 2.99. The normalized spacial score (nSPS) is 10.5. The largest absolute Gasteiger partial charge is 0.316 e. The molecule has 2 rings (SSSR count). The minimum atomic E-state index is 1.01. The summed E-state index contributed by atoms with van der Waals surface area (Å²) in [4.78, 5) is 4.11. The number of pyridine rings is 1. The van der Waals surface area contributed by atoms with Gasteiger partial charge in [0.2, 0.25) is 0 Å². The zero-order chi connectivity index (χ0) is 12.6. The van der Waals surface area contributed by atoms with Gasteiger partial charge in [0, 0.05) is 12.4 Å². The van der Waals surface area contributed by atoms with E-state index in [2.05, 4.69) is 47.6 Å². The Morgan fingerprint density at radius 2 is 1.78 bits per heavy atom. The van der Waals surface area contributed by atoms with Crippen molar-refractivity contribution in [3.63, 3.8) is 0 Å². The van der Waals surface area contributed by atoms with Gasteiger partial charge in [-0.15, -0.1) is 0 Å². The Morgan fingerprint density at radius 1 is 1.00 bits per heavy atom. The fraction of sp³-hybridized carbons (Fsp3) is 0.312. The van der Waals surface area contributed by atoms with E-state index in [1.54, 1.807) is 0 Å². The maximum Gasteiger partial charge on any atom is 0.0300 e. The van der Waals surface area contributed by atoms with Gasteiger partial charge in [0.1, 0.15) is 0 Å². The lowest BCUT2D eigenvalue weighted by molar-refractivity contribution is 0.680. The summed E-state index contributed by atoms with van der Waals surface area (Å²) in [7, 11) is 0. The van der Waals surface area contributed by atoms with Gasteiger partial charge in [-0.2, -0.15) is 0 Å². The fourth-order valence-electron chi connectivity index (χ4n) is 2.00. The van der Waals surface area contributed by atoms with Crippen LogP contribution in [0.5, 0.6) is 0 Å². The molecule has 0 saturated heterocycles. The molecule has 0 unspecified atom stereocenters. The summed E-state index contributed by atoms with van der Waals surface area (Å²) in [5.41, 5.74) is 4.03. The highest BCUT2D eigenvalue weighted by atomic mass is 14.8. The molecule has 18 heavy (non-hydrogen) atoms. The van der Waals surface area contributed by atoms with Gasteiger partial charge in [-0.25, -0.2) is 0 Å². The molecule has 0 radical (unpaired) electrons. The summed E-state index contributed by atoms with van der Waals surface area (Å²) in [6.07, 6.45) is 5.88. The summed E-state index contributed by atoms with van der Waals surface area (Å²) >= 11 is 0. The second-order valence-corrected chi connectivity index (χ2v) is 4.60. The van der Waals surface area contributed by atoms with E-state index in [-0.39, 0.29) is 0 Å². The van der Waals surface area contributed by atoms with Gasteiger partial charge >= 0.3 is 0 Å². The maximum absolute atomic E-state index is 4.11. The zero-order valence-electron chi connectivity index (χ0n) is 10.9. The monoisotopic (exact) mass is 240 g/mol. The van der Waals surface area contributed by atoms with E-state index in [0.717, 1.165) is 25.9 Å².